The maximum absolute atomic E-state index is 9.08. The maximum atomic E-state index is 9.08. The van der Waals surface area contributed by atoms with Crippen molar-refractivity contribution in [1.29, 1.82) is 5.26 Å². The van der Waals surface area contributed by atoms with Crippen LogP contribution >= 0.6 is 0 Å². The first kappa shape index (κ1) is 19.9. The number of benzene rings is 1. The average Bonchev–Trinajstić information content (AvgIpc) is 3.45. The SMILES string of the molecule is CC[C@@H]1c2nnc(C)n2-c2cnc(-n3ccnc3-c3ccc(C#N)cc3)nc2N1C(C)C. The molecule has 0 aliphatic carbocycles. The van der Waals surface area contributed by atoms with Crippen molar-refractivity contribution in [3.05, 3.63) is 60.1 Å². The van der Waals surface area contributed by atoms with Crippen LogP contribution < -0.4 is 4.90 Å². The van der Waals surface area contributed by atoms with Gasteiger partial charge in [0, 0.05) is 24.0 Å². The number of anilines is 1. The lowest BCUT2D eigenvalue weighted by Gasteiger charge is -2.39. The zero-order valence-electron chi connectivity index (χ0n) is 18.4. The molecule has 4 heterocycles. The van der Waals surface area contributed by atoms with Gasteiger partial charge in [-0.1, -0.05) is 6.92 Å². The normalized spacial score (nSPS) is 14.9. The molecule has 32 heavy (non-hydrogen) atoms. The highest BCUT2D eigenvalue weighted by Gasteiger charge is 2.36. The largest absolute Gasteiger partial charge is 0.342 e. The summed E-state index contributed by atoms with van der Waals surface area (Å²) in [5.74, 6) is 3.85. The molecule has 0 amide bonds. The molecule has 160 valence electrons. The van der Waals surface area contributed by atoms with Crippen LogP contribution in [0.2, 0.25) is 0 Å². The van der Waals surface area contributed by atoms with Crippen LogP contribution in [-0.4, -0.2) is 40.3 Å². The van der Waals surface area contributed by atoms with Crippen LogP contribution in [0.25, 0.3) is 23.0 Å². The summed E-state index contributed by atoms with van der Waals surface area (Å²) in [6.07, 6.45) is 6.30. The van der Waals surface area contributed by atoms with Crippen LogP contribution in [0, 0.1) is 18.3 Å². The molecule has 1 aliphatic heterocycles. The molecule has 9 heteroatoms. The second-order valence-corrected chi connectivity index (χ2v) is 8.05. The second-order valence-electron chi connectivity index (χ2n) is 8.05. The lowest BCUT2D eigenvalue weighted by Crippen LogP contribution is -2.40. The minimum atomic E-state index is 0.0761. The first-order chi connectivity index (χ1) is 15.5. The number of nitriles is 1. The first-order valence-corrected chi connectivity index (χ1v) is 10.6. The van der Waals surface area contributed by atoms with Gasteiger partial charge in [0.2, 0.25) is 5.95 Å². The van der Waals surface area contributed by atoms with E-state index in [1.54, 1.807) is 18.3 Å². The van der Waals surface area contributed by atoms with Gasteiger partial charge in [-0.3, -0.25) is 9.13 Å². The summed E-state index contributed by atoms with van der Waals surface area (Å²) in [5, 5.41) is 17.9. The highest BCUT2D eigenvalue weighted by molar-refractivity contribution is 5.64. The molecule has 0 saturated carbocycles. The van der Waals surface area contributed by atoms with Gasteiger partial charge >= 0.3 is 0 Å². The Morgan fingerprint density at radius 3 is 2.59 bits per heavy atom. The molecule has 0 saturated heterocycles. The third-order valence-electron chi connectivity index (χ3n) is 5.78. The van der Waals surface area contributed by atoms with E-state index in [0.29, 0.717) is 11.5 Å². The van der Waals surface area contributed by atoms with Crippen LogP contribution in [0.5, 0.6) is 0 Å². The molecule has 4 aromatic rings. The van der Waals surface area contributed by atoms with Gasteiger partial charge in [0.25, 0.3) is 0 Å². The monoisotopic (exact) mass is 425 g/mol. The number of aromatic nitrogens is 7. The molecule has 0 unspecified atom stereocenters. The quantitative estimate of drug-likeness (QED) is 0.490. The molecule has 1 atom stereocenters. The van der Waals surface area contributed by atoms with Crippen molar-refractivity contribution in [3.63, 3.8) is 0 Å². The third kappa shape index (κ3) is 2.95. The lowest BCUT2D eigenvalue weighted by molar-refractivity contribution is 0.496. The number of aryl methyl sites for hydroxylation is 1. The number of hydrogen-bond donors (Lipinski definition) is 0. The Morgan fingerprint density at radius 1 is 1.12 bits per heavy atom. The van der Waals surface area contributed by atoms with Crippen LogP contribution in [0.15, 0.2) is 42.9 Å². The summed E-state index contributed by atoms with van der Waals surface area (Å²) in [4.78, 5) is 16.5. The molecule has 5 rings (SSSR count). The van der Waals surface area contributed by atoms with Gasteiger partial charge in [-0.05, 0) is 51.5 Å². The van der Waals surface area contributed by atoms with Crippen molar-refractivity contribution < 1.29 is 0 Å². The molecule has 9 nitrogen and oxygen atoms in total. The van der Waals surface area contributed by atoms with Gasteiger partial charge < -0.3 is 4.90 Å². The van der Waals surface area contributed by atoms with Crippen molar-refractivity contribution in [1.82, 2.24) is 34.3 Å². The molecule has 3 aromatic heterocycles. The van der Waals surface area contributed by atoms with E-state index in [1.165, 1.54) is 0 Å². The number of fused-ring (bicyclic) bond motifs is 3. The van der Waals surface area contributed by atoms with Crippen molar-refractivity contribution in [2.45, 2.75) is 46.2 Å². The van der Waals surface area contributed by atoms with Crippen molar-refractivity contribution in [2.24, 2.45) is 0 Å². The molecule has 1 aromatic carbocycles. The molecule has 0 radical (unpaired) electrons. The topological polar surface area (TPSA) is 101 Å². The summed E-state index contributed by atoms with van der Waals surface area (Å²) in [6, 6.07) is 9.77. The fourth-order valence-corrected chi connectivity index (χ4v) is 4.34. The van der Waals surface area contributed by atoms with E-state index in [-0.39, 0.29) is 12.1 Å². The number of hydrogen-bond acceptors (Lipinski definition) is 7. The van der Waals surface area contributed by atoms with Crippen molar-refractivity contribution in [3.8, 4) is 29.1 Å². The van der Waals surface area contributed by atoms with Gasteiger partial charge in [0.15, 0.2) is 11.6 Å². The predicted molar refractivity (Wildman–Crippen MR) is 120 cm³/mol. The molecular formula is C23H23N9. The average molecular weight is 426 g/mol. The Kier molecular flexibility index (Phi) is 4.70. The Bertz CT molecular complexity index is 1320. The lowest BCUT2D eigenvalue weighted by atomic mass is 10.1. The highest BCUT2D eigenvalue weighted by Crippen LogP contribution is 2.40. The Balaban J connectivity index is 1.66. The zero-order valence-corrected chi connectivity index (χ0v) is 18.4. The fourth-order valence-electron chi connectivity index (χ4n) is 4.34. The van der Waals surface area contributed by atoms with E-state index in [4.69, 9.17) is 10.2 Å². The standard InChI is InChI=1S/C23H23N9/c1-5-18-22-29-28-15(4)32(22)19-13-26-23(27-21(19)31(18)14(2)3)30-11-10-25-20(30)17-8-6-16(12-24)7-9-17/h6-11,13-14,18H,5H2,1-4H3/t18-/m1/s1. The smallest absolute Gasteiger partial charge is 0.237 e. The van der Waals surface area contributed by atoms with Crippen LogP contribution in [0.3, 0.4) is 0 Å². The van der Waals surface area contributed by atoms with Crippen LogP contribution in [0.1, 0.15) is 50.4 Å². The second kappa shape index (κ2) is 7.57. The van der Waals surface area contributed by atoms with Gasteiger partial charge in [-0.2, -0.15) is 10.2 Å². The maximum Gasteiger partial charge on any atom is 0.237 e. The summed E-state index contributed by atoms with van der Waals surface area (Å²) in [6.45, 7) is 8.42. The van der Waals surface area contributed by atoms with E-state index in [2.05, 4.69) is 56.5 Å². The minimum absolute atomic E-state index is 0.0761. The molecule has 0 fully saturated rings. The number of imidazole rings is 1. The Morgan fingerprint density at radius 2 is 1.91 bits per heavy atom. The van der Waals surface area contributed by atoms with Gasteiger partial charge in [0.05, 0.1) is 23.9 Å². The Labute approximate surface area is 186 Å². The van der Waals surface area contributed by atoms with E-state index in [9.17, 15) is 0 Å². The minimum Gasteiger partial charge on any atom is -0.342 e. The fraction of sp³-hybridized carbons (Fsp3) is 0.304. The molecule has 0 spiro atoms. The zero-order chi connectivity index (χ0) is 22.4. The summed E-state index contributed by atoms with van der Waals surface area (Å²) >= 11 is 0. The summed E-state index contributed by atoms with van der Waals surface area (Å²) in [7, 11) is 0. The van der Waals surface area contributed by atoms with Gasteiger partial charge in [-0.15, -0.1) is 10.2 Å². The predicted octanol–water partition coefficient (Wildman–Crippen LogP) is 3.77. The van der Waals surface area contributed by atoms with Crippen LogP contribution in [-0.2, 0) is 0 Å². The number of nitrogens with zero attached hydrogens (tertiary/aromatic N) is 9. The van der Waals surface area contributed by atoms with E-state index < -0.39 is 0 Å². The van der Waals surface area contributed by atoms with E-state index in [1.807, 2.05) is 36.0 Å². The van der Waals surface area contributed by atoms with Crippen molar-refractivity contribution >= 4 is 5.82 Å². The molecule has 0 bridgehead atoms. The first-order valence-electron chi connectivity index (χ1n) is 10.6. The van der Waals surface area contributed by atoms with E-state index in [0.717, 1.165) is 41.0 Å². The van der Waals surface area contributed by atoms with Gasteiger partial charge in [-0.25, -0.2) is 9.97 Å². The molecular weight excluding hydrogens is 402 g/mol. The Hall–Kier alpha value is -4.06. The highest BCUT2D eigenvalue weighted by atomic mass is 15.4. The van der Waals surface area contributed by atoms with E-state index >= 15 is 0 Å². The van der Waals surface area contributed by atoms with Crippen molar-refractivity contribution in [2.75, 3.05) is 4.90 Å². The third-order valence-corrected chi connectivity index (χ3v) is 5.78. The number of rotatable bonds is 4. The van der Waals surface area contributed by atoms with Crippen LogP contribution in [0.4, 0.5) is 5.82 Å². The molecule has 1 aliphatic rings. The van der Waals surface area contributed by atoms with Gasteiger partial charge in [0.1, 0.15) is 17.3 Å². The molecule has 0 N–H and O–H groups in total. The summed E-state index contributed by atoms with van der Waals surface area (Å²) < 4.78 is 3.93. The summed E-state index contributed by atoms with van der Waals surface area (Å²) in [5.41, 5.74) is 2.37.